The zero-order valence-corrected chi connectivity index (χ0v) is 14.1. The van der Waals surface area contributed by atoms with E-state index < -0.39 is 0 Å². The first-order valence-electron chi connectivity index (χ1n) is 6.58. The lowest BCUT2D eigenvalue weighted by Gasteiger charge is -2.06. The Kier molecular flexibility index (Phi) is 3.97. The van der Waals surface area contributed by atoms with E-state index in [4.69, 9.17) is 0 Å². The lowest BCUT2D eigenvalue weighted by atomic mass is 10.0. The first kappa shape index (κ1) is 14.8. The third kappa shape index (κ3) is 2.76. The fraction of sp³-hybridized carbons (Fsp3) is 0.0588. The monoisotopic (exact) mass is 370 g/mol. The van der Waals surface area contributed by atoms with Crippen molar-refractivity contribution in [3.63, 3.8) is 0 Å². The van der Waals surface area contributed by atoms with Crippen LogP contribution in [0.1, 0.15) is 10.4 Å². The van der Waals surface area contributed by atoms with E-state index in [0.29, 0.717) is 11.3 Å². The molecule has 3 nitrogen and oxygen atoms in total. The number of aromatic amines is 1. The minimum atomic E-state index is -0.357. The van der Waals surface area contributed by atoms with Crippen molar-refractivity contribution in [1.29, 1.82) is 5.26 Å². The lowest BCUT2D eigenvalue weighted by molar-refractivity contribution is 1.22. The van der Waals surface area contributed by atoms with Gasteiger partial charge in [-0.05, 0) is 42.8 Å². The molecule has 0 atom stereocenters. The average Bonchev–Trinajstić information content (AvgIpc) is 2.93. The van der Waals surface area contributed by atoms with Crippen molar-refractivity contribution in [2.45, 2.75) is 6.92 Å². The van der Waals surface area contributed by atoms with Gasteiger partial charge in [-0.1, -0.05) is 28.1 Å². The molecule has 0 radical (unpaired) electrons. The van der Waals surface area contributed by atoms with Crippen LogP contribution in [0.5, 0.6) is 0 Å². The van der Waals surface area contributed by atoms with Crippen LogP contribution in [-0.4, -0.2) is 4.98 Å². The maximum Gasteiger partial charge on any atom is 0.267 e. The molecule has 0 fully saturated rings. The highest BCUT2D eigenvalue weighted by atomic mass is 79.9. The van der Waals surface area contributed by atoms with Gasteiger partial charge in [-0.25, -0.2) is 0 Å². The van der Waals surface area contributed by atoms with Gasteiger partial charge in [0.15, 0.2) is 0 Å². The van der Waals surface area contributed by atoms with E-state index in [1.165, 1.54) is 0 Å². The zero-order valence-electron chi connectivity index (χ0n) is 11.7. The van der Waals surface area contributed by atoms with Crippen LogP contribution in [0, 0.1) is 18.3 Å². The summed E-state index contributed by atoms with van der Waals surface area (Å²) in [5, 5.41) is 9.29. The highest BCUT2D eigenvalue weighted by Crippen LogP contribution is 2.31. The molecule has 3 rings (SSSR count). The molecular formula is C17H11BrN2OS. The molecule has 108 valence electrons. The van der Waals surface area contributed by atoms with Crippen LogP contribution in [0.2, 0.25) is 0 Å². The van der Waals surface area contributed by atoms with E-state index in [1.807, 2.05) is 55.5 Å². The third-order valence-electron chi connectivity index (χ3n) is 3.31. The maximum absolute atomic E-state index is 12.2. The smallest absolute Gasteiger partial charge is 0.267 e. The third-order valence-corrected chi connectivity index (χ3v) is 4.87. The molecule has 0 saturated carbocycles. The Hall–Kier alpha value is -2.16. The van der Waals surface area contributed by atoms with E-state index in [-0.39, 0.29) is 11.1 Å². The number of aryl methyl sites for hydroxylation is 1. The number of nitrogens with one attached hydrogen (secondary N) is 1. The van der Waals surface area contributed by atoms with Gasteiger partial charge in [-0.2, -0.15) is 5.26 Å². The van der Waals surface area contributed by atoms with E-state index in [9.17, 15) is 10.1 Å². The van der Waals surface area contributed by atoms with E-state index >= 15 is 0 Å². The standard InChI is InChI=1S/C17H11BrN2OS/c1-10-2-7-16(22-10)13-8-15(20-17(21)14(13)9-19)11-3-5-12(18)6-4-11/h2-8H,1H3,(H,20,21). The van der Waals surface area contributed by atoms with Gasteiger partial charge < -0.3 is 4.98 Å². The van der Waals surface area contributed by atoms with Crippen molar-refractivity contribution >= 4 is 27.3 Å². The van der Waals surface area contributed by atoms with Crippen LogP contribution in [0.3, 0.4) is 0 Å². The number of hydrogen-bond donors (Lipinski definition) is 1. The largest absolute Gasteiger partial charge is 0.321 e. The quantitative estimate of drug-likeness (QED) is 0.709. The van der Waals surface area contributed by atoms with Crippen LogP contribution in [0.4, 0.5) is 0 Å². The Morgan fingerprint density at radius 2 is 1.91 bits per heavy atom. The van der Waals surface area contributed by atoms with Crippen LogP contribution in [0.25, 0.3) is 21.7 Å². The molecule has 1 aromatic carbocycles. The Bertz CT molecular complexity index is 933. The number of aromatic nitrogens is 1. The van der Waals surface area contributed by atoms with Crippen LogP contribution >= 0.6 is 27.3 Å². The molecule has 1 N–H and O–H groups in total. The topological polar surface area (TPSA) is 56.6 Å². The predicted molar refractivity (Wildman–Crippen MR) is 93.0 cm³/mol. The molecule has 0 aliphatic carbocycles. The molecule has 22 heavy (non-hydrogen) atoms. The second-order valence-electron chi connectivity index (χ2n) is 4.83. The fourth-order valence-corrected chi connectivity index (χ4v) is 3.38. The number of nitriles is 1. The minimum Gasteiger partial charge on any atom is -0.321 e. The van der Waals surface area contributed by atoms with E-state index in [0.717, 1.165) is 19.8 Å². The first-order chi connectivity index (χ1) is 10.6. The molecule has 2 aromatic heterocycles. The molecule has 0 saturated heterocycles. The van der Waals surface area contributed by atoms with Gasteiger partial charge >= 0.3 is 0 Å². The normalized spacial score (nSPS) is 10.4. The Morgan fingerprint density at radius 3 is 2.50 bits per heavy atom. The summed E-state index contributed by atoms with van der Waals surface area (Å²) in [6.07, 6.45) is 0. The molecule has 0 spiro atoms. The van der Waals surface area contributed by atoms with Crippen molar-refractivity contribution in [2.75, 3.05) is 0 Å². The van der Waals surface area contributed by atoms with Gasteiger partial charge in [-0.3, -0.25) is 4.79 Å². The Labute approximate surface area is 140 Å². The number of pyridine rings is 1. The molecule has 2 heterocycles. The maximum atomic E-state index is 12.2. The van der Waals surface area contributed by atoms with Gasteiger partial charge in [0.25, 0.3) is 5.56 Å². The zero-order chi connectivity index (χ0) is 15.7. The summed E-state index contributed by atoms with van der Waals surface area (Å²) in [6.45, 7) is 2.00. The van der Waals surface area contributed by atoms with Gasteiger partial charge in [0.1, 0.15) is 11.6 Å². The number of hydrogen-bond acceptors (Lipinski definition) is 3. The molecule has 0 aliphatic rings. The van der Waals surface area contributed by atoms with Gasteiger partial charge in [-0.15, -0.1) is 11.3 Å². The lowest BCUT2D eigenvalue weighted by Crippen LogP contribution is -2.12. The molecule has 0 amide bonds. The van der Waals surface area contributed by atoms with Gasteiger partial charge in [0, 0.05) is 25.5 Å². The number of thiophene rings is 1. The SMILES string of the molecule is Cc1ccc(-c2cc(-c3ccc(Br)cc3)[nH]c(=O)c2C#N)s1. The average molecular weight is 371 g/mol. The molecule has 0 unspecified atom stereocenters. The molecule has 3 aromatic rings. The molecular weight excluding hydrogens is 360 g/mol. The molecule has 0 aliphatic heterocycles. The van der Waals surface area contributed by atoms with Crippen molar-refractivity contribution < 1.29 is 0 Å². The van der Waals surface area contributed by atoms with Crippen molar-refractivity contribution in [3.05, 3.63) is 67.7 Å². The van der Waals surface area contributed by atoms with Gasteiger partial charge in [0.05, 0.1) is 0 Å². The summed E-state index contributed by atoms with van der Waals surface area (Å²) >= 11 is 4.97. The number of nitrogens with zero attached hydrogens (tertiary/aromatic N) is 1. The predicted octanol–water partition coefficient (Wildman–Crippen LogP) is 4.71. The molecule has 0 bridgehead atoms. The number of rotatable bonds is 2. The van der Waals surface area contributed by atoms with Crippen molar-refractivity contribution in [2.24, 2.45) is 0 Å². The summed E-state index contributed by atoms with van der Waals surface area (Å²) in [5.74, 6) is 0. The van der Waals surface area contributed by atoms with Crippen LogP contribution in [-0.2, 0) is 0 Å². The van der Waals surface area contributed by atoms with E-state index in [1.54, 1.807) is 11.3 Å². The Morgan fingerprint density at radius 1 is 1.18 bits per heavy atom. The summed E-state index contributed by atoms with van der Waals surface area (Å²) in [4.78, 5) is 17.1. The minimum absolute atomic E-state index is 0.155. The van der Waals surface area contributed by atoms with Crippen LogP contribution in [0.15, 0.2) is 51.7 Å². The van der Waals surface area contributed by atoms with Crippen molar-refractivity contribution in [3.8, 4) is 27.8 Å². The molecule has 5 heteroatoms. The Balaban J connectivity index is 2.23. The second kappa shape index (κ2) is 5.91. The summed E-state index contributed by atoms with van der Waals surface area (Å²) in [6, 6.07) is 15.5. The highest BCUT2D eigenvalue weighted by molar-refractivity contribution is 9.10. The number of H-pyrrole nitrogens is 1. The highest BCUT2D eigenvalue weighted by Gasteiger charge is 2.13. The van der Waals surface area contributed by atoms with E-state index in [2.05, 4.69) is 20.9 Å². The summed E-state index contributed by atoms with van der Waals surface area (Å²) in [5.41, 5.74) is 2.09. The summed E-state index contributed by atoms with van der Waals surface area (Å²) in [7, 11) is 0. The van der Waals surface area contributed by atoms with Gasteiger partial charge in [0.2, 0.25) is 0 Å². The number of benzene rings is 1. The second-order valence-corrected chi connectivity index (χ2v) is 7.03. The summed E-state index contributed by atoms with van der Waals surface area (Å²) < 4.78 is 0.973. The fourth-order valence-electron chi connectivity index (χ4n) is 2.23. The van der Waals surface area contributed by atoms with Crippen LogP contribution < -0.4 is 5.56 Å². The van der Waals surface area contributed by atoms with Crippen molar-refractivity contribution in [1.82, 2.24) is 4.98 Å². The first-order valence-corrected chi connectivity index (χ1v) is 8.19. The number of halogens is 1.